The summed E-state index contributed by atoms with van der Waals surface area (Å²) in [5, 5.41) is 4.78. The fourth-order valence-electron chi connectivity index (χ4n) is 6.75. The van der Waals surface area contributed by atoms with Crippen LogP contribution in [0.5, 0.6) is 0 Å². The average Bonchev–Trinajstić information content (AvgIpc) is 3.21. The molecule has 0 aliphatic heterocycles. The van der Waals surface area contributed by atoms with Crippen LogP contribution in [0, 0.1) is 0 Å². The number of benzene rings is 7. The number of fused-ring (bicyclic) bond motifs is 6. The Morgan fingerprint density at radius 2 is 0.750 bits per heavy atom. The summed E-state index contributed by atoms with van der Waals surface area (Å²) in [6.45, 7) is 0. The summed E-state index contributed by atoms with van der Waals surface area (Å²) in [5.41, 5.74) is 7.04. The Labute approximate surface area is 299 Å². The van der Waals surface area contributed by atoms with Crippen molar-refractivity contribution in [3.05, 3.63) is 144 Å². The second-order valence-electron chi connectivity index (χ2n) is 12.1. The van der Waals surface area contributed by atoms with Gasteiger partial charge in [0, 0.05) is 5.39 Å². The number of carbonyl (C=O) groups is 4. The van der Waals surface area contributed by atoms with Gasteiger partial charge >= 0.3 is 23.9 Å². The molecular formula is C44H32O8. The summed E-state index contributed by atoms with van der Waals surface area (Å²) in [6, 6.07) is 37.6. The van der Waals surface area contributed by atoms with E-state index in [0.717, 1.165) is 54.9 Å². The minimum Gasteiger partial charge on any atom is -0.465 e. The van der Waals surface area contributed by atoms with Crippen molar-refractivity contribution in [1.29, 1.82) is 0 Å². The maximum absolute atomic E-state index is 13.4. The van der Waals surface area contributed by atoms with Crippen LogP contribution in [0.4, 0.5) is 0 Å². The molecule has 0 spiro atoms. The van der Waals surface area contributed by atoms with Crippen LogP contribution in [0.15, 0.2) is 121 Å². The lowest BCUT2D eigenvalue weighted by atomic mass is 9.85. The third kappa shape index (κ3) is 5.90. The Kier molecular flexibility index (Phi) is 8.97. The third-order valence-corrected chi connectivity index (χ3v) is 9.37. The van der Waals surface area contributed by atoms with Gasteiger partial charge in [0.2, 0.25) is 0 Å². The zero-order valence-corrected chi connectivity index (χ0v) is 28.8. The number of carbonyl (C=O) groups excluding carboxylic acids is 4. The Balaban J connectivity index is 1.50. The van der Waals surface area contributed by atoms with E-state index in [1.807, 2.05) is 72.8 Å². The van der Waals surface area contributed by atoms with Crippen LogP contribution in [0.3, 0.4) is 0 Å². The quantitative estimate of drug-likeness (QED) is 0.0927. The Morgan fingerprint density at radius 1 is 0.346 bits per heavy atom. The van der Waals surface area contributed by atoms with Crippen molar-refractivity contribution in [2.24, 2.45) is 0 Å². The number of rotatable bonds is 7. The minimum atomic E-state index is -0.513. The molecule has 52 heavy (non-hydrogen) atoms. The second kappa shape index (κ2) is 13.8. The molecule has 0 radical (unpaired) electrons. The van der Waals surface area contributed by atoms with E-state index in [1.165, 1.54) is 28.4 Å². The minimum absolute atomic E-state index is 0.349. The first-order chi connectivity index (χ1) is 25.3. The summed E-state index contributed by atoms with van der Waals surface area (Å²) in [7, 11) is 5.38. The predicted molar refractivity (Wildman–Crippen MR) is 201 cm³/mol. The lowest BCUT2D eigenvalue weighted by molar-refractivity contribution is 0.0592. The average molecular weight is 689 g/mol. The zero-order chi connectivity index (χ0) is 36.5. The molecule has 8 heteroatoms. The van der Waals surface area contributed by atoms with Crippen molar-refractivity contribution >= 4 is 56.2 Å². The van der Waals surface area contributed by atoms with E-state index in [4.69, 9.17) is 18.9 Å². The molecule has 7 aromatic carbocycles. The van der Waals surface area contributed by atoms with Gasteiger partial charge in [-0.2, -0.15) is 0 Å². The predicted octanol–water partition coefficient (Wildman–Crippen LogP) is 9.29. The highest BCUT2D eigenvalue weighted by Gasteiger charge is 2.22. The molecule has 0 amide bonds. The lowest BCUT2D eigenvalue weighted by Gasteiger charge is -2.18. The first-order valence-corrected chi connectivity index (χ1v) is 16.4. The van der Waals surface area contributed by atoms with Gasteiger partial charge in [-0.05, 0) is 109 Å². The van der Waals surface area contributed by atoms with Crippen molar-refractivity contribution < 1.29 is 38.1 Å². The van der Waals surface area contributed by atoms with E-state index < -0.39 is 23.9 Å². The molecule has 256 valence electrons. The van der Waals surface area contributed by atoms with E-state index in [0.29, 0.717) is 33.0 Å². The van der Waals surface area contributed by atoms with Crippen LogP contribution in [0.25, 0.3) is 65.7 Å². The van der Waals surface area contributed by atoms with Crippen LogP contribution in [-0.2, 0) is 18.9 Å². The SMILES string of the molecule is COC(=O)c1ccc(-c2ccc(-c3ccc(C(=O)OC)c4c5cc(C(=O)OC)ccc5c5ccc(-c6ccc(C(=O)OC)cc6)cc5c34)cc2)cc1. The Bertz CT molecular complexity index is 2550. The van der Waals surface area contributed by atoms with Gasteiger partial charge in [0.05, 0.1) is 50.7 Å². The standard InChI is InChI=1S/C44H32O8/c1-49-41(45)29-13-7-26(8-14-29)25-5-11-28(12-6-25)33-21-22-36(44(48)52-4)40-38-24-32(43(47)51-3)18-20-35(38)34-19-17-31(23-37(34)39(33)40)27-9-15-30(16-10-27)42(46)50-2/h5-24H,1-4H3. The normalized spacial score (nSPS) is 11.0. The fourth-order valence-corrected chi connectivity index (χ4v) is 6.75. The van der Waals surface area contributed by atoms with E-state index in [9.17, 15) is 19.2 Å². The summed E-state index contributed by atoms with van der Waals surface area (Å²) < 4.78 is 20.1. The van der Waals surface area contributed by atoms with Crippen molar-refractivity contribution in [1.82, 2.24) is 0 Å². The molecule has 7 aromatic rings. The first-order valence-electron chi connectivity index (χ1n) is 16.4. The van der Waals surface area contributed by atoms with Gasteiger partial charge in [-0.1, -0.05) is 72.8 Å². The first kappa shape index (κ1) is 33.7. The van der Waals surface area contributed by atoms with E-state index >= 15 is 0 Å². The van der Waals surface area contributed by atoms with Gasteiger partial charge < -0.3 is 18.9 Å². The zero-order valence-electron chi connectivity index (χ0n) is 28.8. The number of esters is 4. The molecule has 0 N–H and O–H groups in total. The van der Waals surface area contributed by atoms with Crippen molar-refractivity contribution in [3.8, 4) is 33.4 Å². The Morgan fingerprint density at radius 3 is 1.29 bits per heavy atom. The second-order valence-corrected chi connectivity index (χ2v) is 12.1. The van der Waals surface area contributed by atoms with Gasteiger partial charge in [-0.25, -0.2) is 19.2 Å². The van der Waals surface area contributed by atoms with Gasteiger partial charge in [-0.15, -0.1) is 0 Å². The molecule has 0 aliphatic rings. The molecule has 0 atom stereocenters. The summed E-state index contributed by atoms with van der Waals surface area (Å²) in [4.78, 5) is 50.3. The molecule has 0 fully saturated rings. The van der Waals surface area contributed by atoms with E-state index in [1.54, 1.807) is 42.5 Å². The van der Waals surface area contributed by atoms with Gasteiger partial charge in [0.25, 0.3) is 0 Å². The van der Waals surface area contributed by atoms with Gasteiger partial charge in [0.15, 0.2) is 0 Å². The highest BCUT2D eigenvalue weighted by Crippen LogP contribution is 2.44. The highest BCUT2D eigenvalue weighted by atomic mass is 16.5. The number of methoxy groups -OCH3 is 4. The topological polar surface area (TPSA) is 105 Å². The van der Waals surface area contributed by atoms with Gasteiger partial charge in [0.1, 0.15) is 0 Å². The van der Waals surface area contributed by atoms with Crippen LogP contribution < -0.4 is 0 Å². The molecule has 0 saturated heterocycles. The fraction of sp³-hybridized carbons (Fsp3) is 0.0909. The summed E-state index contributed by atoms with van der Waals surface area (Å²) >= 11 is 0. The van der Waals surface area contributed by atoms with E-state index in [2.05, 4.69) is 6.07 Å². The maximum atomic E-state index is 13.4. The molecule has 0 aromatic heterocycles. The number of ether oxygens (including phenoxy) is 4. The molecule has 0 saturated carbocycles. The molecule has 0 heterocycles. The molecular weight excluding hydrogens is 656 g/mol. The maximum Gasteiger partial charge on any atom is 0.338 e. The van der Waals surface area contributed by atoms with Crippen LogP contribution >= 0.6 is 0 Å². The highest BCUT2D eigenvalue weighted by molar-refractivity contribution is 6.32. The monoisotopic (exact) mass is 688 g/mol. The third-order valence-electron chi connectivity index (χ3n) is 9.37. The van der Waals surface area contributed by atoms with E-state index in [-0.39, 0.29) is 0 Å². The van der Waals surface area contributed by atoms with Gasteiger partial charge in [-0.3, -0.25) is 0 Å². The largest absolute Gasteiger partial charge is 0.465 e. The molecule has 0 bridgehead atoms. The van der Waals surface area contributed by atoms with Crippen molar-refractivity contribution in [3.63, 3.8) is 0 Å². The number of hydrogen-bond donors (Lipinski definition) is 0. The van der Waals surface area contributed by atoms with Crippen LogP contribution in [0.2, 0.25) is 0 Å². The smallest absolute Gasteiger partial charge is 0.338 e. The lowest BCUT2D eigenvalue weighted by Crippen LogP contribution is -2.05. The molecule has 0 unspecified atom stereocenters. The molecule has 8 nitrogen and oxygen atoms in total. The number of hydrogen-bond acceptors (Lipinski definition) is 8. The Hall–Kier alpha value is -6.80. The summed E-state index contributed by atoms with van der Waals surface area (Å²) in [5.74, 6) is -1.82. The van der Waals surface area contributed by atoms with Crippen molar-refractivity contribution in [2.45, 2.75) is 0 Å². The van der Waals surface area contributed by atoms with Crippen LogP contribution in [0.1, 0.15) is 41.4 Å². The summed E-state index contributed by atoms with van der Waals surface area (Å²) in [6.07, 6.45) is 0. The molecule has 7 rings (SSSR count). The molecule has 0 aliphatic carbocycles. The van der Waals surface area contributed by atoms with Crippen LogP contribution in [-0.4, -0.2) is 52.3 Å². The van der Waals surface area contributed by atoms with Crippen molar-refractivity contribution in [2.75, 3.05) is 28.4 Å².